The molecule has 1 atom stereocenters. The van der Waals surface area contributed by atoms with Crippen LogP contribution in [0, 0.1) is 11.8 Å². The molecule has 0 bridgehead atoms. The van der Waals surface area contributed by atoms with Gasteiger partial charge in [-0.2, -0.15) is 0 Å². The van der Waals surface area contributed by atoms with Crippen molar-refractivity contribution in [3.05, 3.63) is 0 Å². The van der Waals surface area contributed by atoms with E-state index in [1.165, 1.54) is 26.2 Å². The van der Waals surface area contributed by atoms with Crippen LogP contribution in [0.25, 0.3) is 0 Å². The van der Waals surface area contributed by atoms with Crippen LogP contribution in [-0.2, 0) is 9.59 Å². The van der Waals surface area contributed by atoms with Crippen LogP contribution < -0.4 is 0 Å². The largest absolute Gasteiger partial charge is 0.481 e. The standard InChI is InChI=1S/C12H20O3S/c1-9(13)16-8-11(12(14)15)7-10-5-3-2-4-6-10/h10-11H,2-8H2,1H3,(H,14,15). The molecule has 0 spiro atoms. The van der Waals surface area contributed by atoms with Gasteiger partial charge >= 0.3 is 5.97 Å². The summed E-state index contributed by atoms with van der Waals surface area (Å²) in [7, 11) is 0. The Morgan fingerprint density at radius 3 is 2.44 bits per heavy atom. The molecule has 1 fully saturated rings. The Labute approximate surface area is 101 Å². The molecule has 0 aromatic carbocycles. The van der Waals surface area contributed by atoms with Gasteiger partial charge in [0, 0.05) is 12.7 Å². The molecule has 0 radical (unpaired) electrons. The van der Waals surface area contributed by atoms with Gasteiger partial charge in [0.2, 0.25) is 0 Å². The second-order valence-electron chi connectivity index (χ2n) is 4.58. The van der Waals surface area contributed by atoms with Crippen LogP contribution in [-0.4, -0.2) is 21.9 Å². The lowest BCUT2D eigenvalue weighted by atomic mass is 9.83. The Bertz CT molecular complexity index is 247. The third-order valence-corrected chi connectivity index (χ3v) is 4.16. The fourth-order valence-electron chi connectivity index (χ4n) is 2.28. The van der Waals surface area contributed by atoms with Crippen LogP contribution in [0.5, 0.6) is 0 Å². The van der Waals surface area contributed by atoms with Crippen LogP contribution in [0.3, 0.4) is 0 Å². The topological polar surface area (TPSA) is 54.4 Å². The molecule has 1 saturated carbocycles. The molecule has 16 heavy (non-hydrogen) atoms. The smallest absolute Gasteiger partial charge is 0.307 e. The SMILES string of the molecule is CC(=O)SCC(CC1CCCCC1)C(=O)O. The Balaban J connectivity index is 2.37. The number of rotatable bonds is 5. The van der Waals surface area contributed by atoms with Gasteiger partial charge in [-0.25, -0.2) is 0 Å². The van der Waals surface area contributed by atoms with Gasteiger partial charge in [0.1, 0.15) is 0 Å². The average Bonchev–Trinajstić information content (AvgIpc) is 2.25. The molecule has 0 aliphatic heterocycles. The summed E-state index contributed by atoms with van der Waals surface area (Å²) >= 11 is 1.14. The maximum Gasteiger partial charge on any atom is 0.307 e. The average molecular weight is 244 g/mol. The van der Waals surface area contributed by atoms with Gasteiger partial charge in [0.15, 0.2) is 5.12 Å². The first kappa shape index (κ1) is 13.6. The number of carboxylic acids is 1. The summed E-state index contributed by atoms with van der Waals surface area (Å²) < 4.78 is 0. The van der Waals surface area contributed by atoms with Crippen LogP contribution in [0.4, 0.5) is 0 Å². The molecule has 0 saturated heterocycles. The third-order valence-electron chi connectivity index (χ3n) is 3.18. The molecule has 0 aromatic heterocycles. The molecule has 1 rings (SSSR count). The molecule has 3 nitrogen and oxygen atoms in total. The van der Waals surface area contributed by atoms with Gasteiger partial charge < -0.3 is 5.11 Å². The van der Waals surface area contributed by atoms with Crippen LogP contribution in [0.15, 0.2) is 0 Å². The highest BCUT2D eigenvalue weighted by atomic mass is 32.2. The first-order valence-electron chi connectivity index (χ1n) is 5.95. The molecule has 1 N–H and O–H groups in total. The lowest BCUT2D eigenvalue weighted by molar-refractivity contribution is -0.141. The molecule has 1 aliphatic rings. The summed E-state index contributed by atoms with van der Waals surface area (Å²) in [6.45, 7) is 1.49. The predicted octanol–water partition coefficient (Wildman–Crippen LogP) is 2.94. The van der Waals surface area contributed by atoms with Gasteiger partial charge in [-0.3, -0.25) is 9.59 Å². The van der Waals surface area contributed by atoms with E-state index in [1.54, 1.807) is 0 Å². The van der Waals surface area contributed by atoms with Gasteiger partial charge in [0.05, 0.1) is 5.92 Å². The zero-order valence-electron chi connectivity index (χ0n) is 9.78. The molecule has 0 amide bonds. The molecule has 4 heteroatoms. The minimum Gasteiger partial charge on any atom is -0.481 e. The van der Waals surface area contributed by atoms with Crippen molar-refractivity contribution in [2.45, 2.75) is 45.4 Å². The van der Waals surface area contributed by atoms with Crippen molar-refractivity contribution in [2.75, 3.05) is 5.75 Å². The normalized spacial score (nSPS) is 19.3. The van der Waals surface area contributed by atoms with Crippen molar-refractivity contribution in [2.24, 2.45) is 11.8 Å². The number of hydrogen-bond donors (Lipinski definition) is 1. The highest BCUT2D eigenvalue weighted by molar-refractivity contribution is 8.13. The van der Waals surface area contributed by atoms with Crippen molar-refractivity contribution >= 4 is 22.8 Å². The fourth-order valence-corrected chi connectivity index (χ4v) is 3.00. The van der Waals surface area contributed by atoms with Crippen LogP contribution in [0.1, 0.15) is 45.4 Å². The Hall–Kier alpha value is -0.510. The third kappa shape index (κ3) is 5.01. The van der Waals surface area contributed by atoms with Gasteiger partial charge in [-0.05, 0) is 12.3 Å². The Morgan fingerprint density at radius 1 is 1.31 bits per heavy atom. The van der Waals surface area contributed by atoms with E-state index in [9.17, 15) is 9.59 Å². The summed E-state index contributed by atoms with van der Waals surface area (Å²) in [5.74, 6) is -0.111. The van der Waals surface area contributed by atoms with E-state index >= 15 is 0 Å². The highest BCUT2D eigenvalue weighted by Crippen LogP contribution is 2.30. The molecule has 1 aliphatic carbocycles. The summed E-state index contributed by atoms with van der Waals surface area (Å²) in [5, 5.41) is 9.10. The first-order chi connectivity index (χ1) is 7.59. The fraction of sp³-hybridized carbons (Fsp3) is 0.833. The van der Waals surface area contributed by atoms with E-state index in [-0.39, 0.29) is 11.0 Å². The molecular weight excluding hydrogens is 224 g/mol. The summed E-state index contributed by atoms with van der Waals surface area (Å²) in [5.41, 5.74) is 0. The van der Waals surface area contributed by atoms with E-state index in [2.05, 4.69) is 0 Å². The van der Waals surface area contributed by atoms with E-state index in [0.29, 0.717) is 11.7 Å². The van der Waals surface area contributed by atoms with Crippen LogP contribution in [0.2, 0.25) is 0 Å². The summed E-state index contributed by atoms with van der Waals surface area (Å²) in [6.07, 6.45) is 6.82. The lowest BCUT2D eigenvalue weighted by Gasteiger charge is -2.24. The number of aliphatic carboxylic acids is 1. The van der Waals surface area contributed by atoms with E-state index in [4.69, 9.17) is 5.11 Å². The number of hydrogen-bond acceptors (Lipinski definition) is 3. The lowest BCUT2D eigenvalue weighted by Crippen LogP contribution is -2.22. The van der Waals surface area contributed by atoms with Gasteiger partial charge in [0.25, 0.3) is 0 Å². The molecule has 0 aromatic rings. The molecule has 1 unspecified atom stereocenters. The van der Waals surface area contributed by atoms with Crippen molar-refractivity contribution in [1.29, 1.82) is 0 Å². The summed E-state index contributed by atoms with van der Waals surface area (Å²) in [6, 6.07) is 0. The minimum atomic E-state index is -0.751. The quantitative estimate of drug-likeness (QED) is 0.808. The zero-order valence-corrected chi connectivity index (χ0v) is 10.6. The van der Waals surface area contributed by atoms with Gasteiger partial charge in [-0.15, -0.1) is 0 Å². The minimum absolute atomic E-state index is 0.00916. The first-order valence-corrected chi connectivity index (χ1v) is 6.94. The van der Waals surface area contributed by atoms with Crippen molar-refractivity contribution in [1.82, 2.24) is 0 Å². The zero-order chi connectivity index (χ0) is 12.0. The van der Waals surface area contributed by atoms with Crippen molar-refractivity contribution < 1.29 is 14.7 Å². The van der Waals surface area contributed by atoms with E-state index in [0.717, 1.165) is 31.0 Å². The maximum absolute atomic E-state index is 11.1. The number of carboxylic acid groups (broad SMARTS) is 1. The van der Waals surface area contributed by atoms with Crippen molar-refractivity contribution in [3.8, 4) is 0 Å². The molecule has 0 heterocycles. The van der Waals surface area contributed by atoms with Crippen molar-refractivity contribution in [3.63, 3.8) is 0 Å². The maximum atomic E-state index is 11.1. The second-order valence-corrected chi connectivity index (χ2v) is 5.77. The Morgan fingerprint density at radius 2 is 1.94 bits per heavy atom. The number of carbonyl (C=O) groups excluding carboxylic acids is 1. The number of carbonyl (C=O) groups is 2. The molecular formula is C12H20O3S. The van der Waals surface area contributed by atoms with E-state index in [1.807, 2.05) is 0 Å². The van der Waals surface area contributed by atoms with Crippen LogP contribution >= 0.6 is 11.8 Å². The van der Waals surface area contributed by atoms with E-state index < -0.39 is 5.97 Å². The highest BCUT2D eigenvalue weighted by Gasteiger charge is 2.24. The van der Waals surface area contributed by atoms with Gasteiger partial charge in [-0.1, -0.05) is 43.9 Å². The summed E-state index contributed by atoms with van der Waals surface area (Å²) in [4.78, 5) is 21.9. The predicted molar refractivity (Wildman–Crippen MR) is 65.5 cm³/mol. The number of thioether (sulfide) groups is 1. The molecule has 92 valence electrons. The Kier molecular flexibility index (Phi) is 5.88. The monoisotopic (exact) mass is 244 g/mol. The second kappa shape index (κ2) is 6.94.